The largest absolute Gasteiger partial charge is 0.398 e. The number of aryl methyl sites for hydroxylation is 1. The normalized spacial score (nSPS) is 13.2. The fourth-order valence-corrected chi connectivity index (χ4v) is 2.45. The number of fused-ring (bicyclic) bond motifs is 1. The van der Waals surface area contributed by atoms with Gasteiger partial charge >= 0.3 is 0 Å². The first-order valence-corrected chi connectivity index (χ1v) is 6.32. The third kappa shape index (κ3) is 1.77. The maximum Gasteiger partial charge on any atom is 0.268 e. The fourth-order valence-electron chi connectivity index (χ4n) is 2.45. The molecule has 21 heavy (non-hydrogen) atoms. The van der Waals surface area contributed by atoms with Crippen LogP contribution in [0.2, 0.25) is 0 Å². The summed E-state index contributed by atoms with van der Waals surface area (Å²) >= 11 is 0. The average molecular weight is 277 g/mol. The van der Waals surface area contributed by atoms with Gasteiger partial charge in [-0.15, -0.1) is 0 Å². The lowest BCUT2D eigenvalue weighted by atomic mass is 10.1. The molecule has 2 amide bonds. The number of anilines is 2. The Bertz CT molecular complexity index is 834. The molecule has 0 aromatic heterocycles. The van der Waals surface area contributed by atoms with Crippen molar-refractivity contribution < 1.29 is 9.59 Å². The van der Waals surface area contributed by atoms with E-state index in [1.54, 1.807) is 37.3 Å². The minimum atomic E-state index is -0.453. The molecule has 1 heterocycles. The zero-order valence-corrected chi connectivity index (χ0v) is 11.3. The van der Waals surface area contributed by atoms with Crippen molar-refractivity contribution in [2.45, 2.75) is 6.92 Å². The van der Waals surface area contributed by atoms with Crippen LogP contribution >= 0.6 is 0 Å². The highest BCUT2D eigenvalue weighted by Crippen LogP contribution is 2.33. The number of amides is 2. The summed E-state index contributed by atoms with van der Waals surface area (Å²) in [7, 11) is 0. The second kappa shape index (κ2) is 4.46. The molecule has 1 aliphatic heterocycles. The van der Waals surface area contributed by atoms with E-state index in [1.807, 2.05) is 6.07 Å². The SMILES string of the molecule is Cc1ccc(C#N)cc1N1C(=O)c2cccc(N)c2C1=O. The molecule has 0 unspecified atom stereocenters. The Balaban J connectivity index is 2.19. The molecular weight excluding hydrogens is 266 g/mol. The highest BCUT2D eigenvalue weighted by atomic mass is 16.2. The van der Waals surface area contributed by atoms with Crippen molar-refractivity contribution in [3.05, 3.63) is 58.7 Å². The molecule has 2 N–H and O–H groups in total. The predicted molar refractivity (Wildman–Crippen MR) is 77.9 cm³/mol. The number of nitriles is 1. The van der Waals surface area contributed by atoms with E-state index in [4.69, 9.17) is 11.0 Å². The molecule has 0 spiro atoms. The van der Waals surface area contributed by atoms with Crippen molar-refractivity contribution in [3.63, 3.8) is 0 Å². The number of carbonyl (C=O) groups excluding carboxylic acids is 2. The third-order valence-corrected chi connectivity index (χ3v) is 3.53. The number of benzene rings is 2. The van der Waals surface area contributed by atoms with Crippen molar-refractivity contribution in [2.75, 3.05) is 10.6 Å². The number of nitrogens with zero attached hydrogens (tertiary/aromatic N) is 2. The van der Waals surface area contributed by atoms with E-state index >= 15 is 0 Å². The molecule has 0 bridgehead atoms. The van der Waals surface area contributed by atoms with E-state index in [0.717, 1.165) is 10.5 Å². The number of rotatable bonds is 1. The van der Waals surface area contributed by atoms with E-state index in [-0.39, 0.29) is 11.3 Å². The van der Waals surface area contributed by atoms with Crippen LogP contribution in [0.5, 0.6) is 0 Å². The summed E-state index contributed by atoms with van der Waals surface area (Å²) in [4.78, 5) is 26.1. The molecule has 5 nitrogen and oxygen atoms in total. The topological polar surface area (TPSA) is 87.2 Å². The van der Waals surface area contributed by atoms with Gasteiger partial charge in [0.1, 0.15) is 0 Å². The summed E-state index contributed by atoms with van der Waals surface area (Å²) in [5, 5.41) is 8.99. The molecule has 1 aliphatic rings. The molecule has 0 aliphatic carbocycles. The number of imide groups is 1. The van der Waals surface area contributed by atoms with E-state index in [1.165, 1.54) is 6.07 Å². The first-order chi connectivity index (χ1) is 10.0. The summed E-state index contributed by atoms with van der Waals surface area (Å²) in [6.07, 6.45) is 0. The molecule has 0 saturated heterocycles. The quantitative estimate of drug-likeness (QED) is 0.639. The van der Waals surface area contributed by atoms with Gasteiger partial charge in [-0.1, -0.05) is 12.1 Å². The lowest BCUT2D eigenvalue weighted by Crippen LogP contribution is -2.30. The summed E-state index contributed by atoms with van der Waals surface area (Å²) < 4.78 is 0. The highest BCUT2D eigenvalue weighted by Gasteiger charge is 2.38. The Labute approximate surface area is 121 Å². The average Bonchev–Trinajstić information content (AvgIpc) is 2.73. The van der Waals surface area contributed by atoms with Crippen LogP contribution in [-0.2, 0) is 0 Å². The van der Waals surface area contributed by atoms with E-state index in [0.29, 0.717) is 16.8 Å². The summed E-state index contributed by atoms with van der Waals surface area (Å²) in [6.45, 7) is 1.78. The lowest BCUT2D eigenvalue weighted by molar-refractivity contribution is 0.0926. The molecule has 0 saturated carbocycles. The van der Waals surface area contributed by atoms with Crippen LogP contribution in [0, 0.1) is 18.3 Å². The maximum atomic E-state index is 12.5. The van der Waals surface area contributed by atoms with Crippen molar-refractivity contribution in [1.82, 2.24) is 0 Å². The molecule has 0 fully saturated rings. The van der Waals surface area contributed by atoms with E-state index < -0.39 is 11.8 Å². The Morgan fingerprint density at radius 3 is 2.57 bits per heavy atom. The number of nitrogen functional groups attached to an aromatic ring is 1. The molecule has 0 atom stereocenters. The van der Waals surface area contributed by atoms with Crippen molar-refractivity contribution in [1.29, 1.82) is 5.26 Å². The van der Waals surface area contributed by atoms with Gasteiger partial charge in [-0.05, 0) is 36.8 Å². The van der Waals surface area contributed by atoms with Crippen LogP contribution in [0.4, 0.5) is 11.4 Å². The first-order valence-electron chi connectivity index (χ1n) is 6.32. The second-order valence-electron chi connectivity index (χ2n) is 4.83. The molecule has 0 radical (unpaired) electrons. The predicted octanol–water partition coefficient (Wildman–Crippen LogP) is 2.25. The van der Waals surface area contributed by atoms with Gasteiger partial charge in [-0.25, -0.2) is 4.90 Å². The van der Waals surface area contributed by atoms with Gasteiger partial charge in [0.2, 0.25) is 0 Å². The molecule has 2 aromatic carbocycles. The number of hydrogen-bond donors (Lipinski definition) is 1. The Morgan fingerprint density at radius 2 is 1.90 bits per heavy atom. The number of nitrogens with two attached hydrogens (primary N) is 1. The van der Waals surface area contributed by atoms with Crippen LogP contribution in [-0.4, -0.2) is 11.8 Å². The van der Waals surface area contributed by atoms with Gasteiger partial charge in [0.15, 0.2) is 0 Å². The van der Waals surface area contributed by atoms with E-state index in [9.17, 15) is 9.59 Å². The first kappa shape index (κ1) is 12.9. The number of carbonyl (C=O) groups is 2. The van der Waals surface area contributed by atoms with Gasteiger partial charge < -0.3 is 5.73 Å². The Morgan fingerprint density at radius 1 is 1.14 bits per heavy atom. The van der Waals surface area contributed by atoms with Crippen LogP contribution in [0.3, 0.4) is 0 Å². The van der Waals surface area contributed by atoms with Gasteiger partial charge in [0.05, 0.1) is 28.4 Å². The van der Waals surface area contributed by atoms with Gasteiger partial charge in [-0.3, -0.25) is 9.59 Å². The highest BCUT2D eigenvalue weighted by molar-refractivity contribution is 6.36. The standard InChI is InChI=1S/C16H11N3O2/c1-9-5-6-10(8-17)7-13(9)19-15(20)11-3-2-4-12(18)14(11)16(19)21/h2-7H,18H2,1H3. The second-order valence-corrected chi connectivity index (χ2v) is 4.83. The van der Waals surface area contributed by atoms with E-state index in [2.05, 4.69) is 0 Å². The smallest absolute Gasteiger partial charge is 0.268 e. The summed E-state index contributed by atoms with van der Waals surface area (Å²) in [5.41, 5.74) is 8.15. The Hall–Kier alpha value is -3.13. The van der Waals surface area contributed by atoms with Crippen LogP contribution < -0.4 is 10.6 Å². The van der Waals surface area contributed by atoms with Gasteiger partial charge in [-0.2, -0.15) is 5.26 Å². The Kier molecular flexibility index (Phi) is 2.73. The van der Waals surface area contributed by atoms with Gasteiger partial charge in [0.25, 0.3) is 11.8 Å². The third-order valence-electron chi connectivity index (χ3n) is 3.53. The lowest BCUT2D eigenvalue weighted by Gasteiger charge is -2.16. The van der Waals surface area contributed by atoms with Crippen LogP contribution in [0.1, 0.15) is 31.8 Å². The fraction of sp³-hybridized carbons (Fsp3) is 0.0625. The zero-order chi connectivity index (χ0) is 15.1. The molecular formula is C16H11N3O2. The van der Waals surface area contributed by atoms with Gasteiger partial charge in [0, 0.05) is 5.69 Å². The summed E-state index contributed by atoms with van der Waals surface area (Å²) in [6, 6.07) is 11.7. The molecule has 102 valence electrons. The minimum Gasteiger partial charge on any atom is -0.398 e. The van der Waals surface area contributed by atoms with Crippen LogP contribution in [0.25, 0.3) is 0 Å². The maximum absolute atomic E-state index is 12.5. The monoisotopic (exact) mass is 277 g/mol. The molecule has 5 heteroatoms. The molecule has 3 rings (SSSR count). The van der Waals surface area contributed by atoms with Crippen molar-refractivity contribution >= 4 is 23.2 Å². The van der Waals surface area contributed by atoms with Crippen molar-refractivity contribution in [3.8, 4) is 6.07 Å². The minimum absolute atomic E-state index is 0.226. The van der Waals surface area contributed by atoms with Crippen LogP contribution in [0.15, 0.2) is 36.4 Å². The zero-order valence-electron chi connectivity index (χ0n) is 11.3. The molecule has 2 aromatic rings. The number of hydrogen-bond acceptors (Lipinski definition) is 4. The van der Waals surface area contributed by atoms with Crippen molar-refractivity contribution in [2.24, 2.45) is 0 Å². The summed E-state index contributed by atoms with van der Waals surface area (Å²) in [5.74, 6) is -0.869.